The first-order valence-corrected chi connectivity index (χ1v) is 8.38. The van der Waals surface area contributed by atoms with Gasteiger partial charge in [0.1, 0.15) is 11.5 Å². The van der Waals surface area contributed by atoms with Crippen LogP contribution in [0.2, 0.25) is 0 Å². The lowest BCUT2D eigenvalue weighted by Gasteiger charge is -2.16. The van der Waals surface area contributed by atoms with Crippen molar-refractivity contribution >= 4 is 17.6 Å². The molecule has 0 bridgehead atoms. The van der Waals surface area contributed by atoms with Crippen LogP contribution in [0.1, 0.15) is 0 Å². The average molecular weight is 370 g/mol. The Balaban J connectivity index is 1.99. The lowest BCUT2D eigenvalue weighted by atomic mass is 10.0. The van der Waals surface area contributed by atoms with Crippen LogP contribution >= 0.6 is 0 Å². The van der Waals surface area contributed by atoms with Gasteiger partial charge in [-0.1, -0.05) is 30.3 Å². The number of aliphatic hydroxyl groups excluding tert-OH is 1. The van der Waals surface area contributed by atoms with Crippen molar-refractivity contribution in [3.63, 3.8) is 0 Å². The highest BCUT2D eigenvalue weighted by atomic mass is 19.1. The highest BCUT2D eigenvalue weighted by molar-refractivity contribution is 6.09. The van der Waals surface area contributed by atoms with Crippen molar-refractivity contribution in [1.29, 1.82) is 0 Å². The van der Waals surface area contributed by atoms with Crippen LogP contribution in [0.25, 0.3) is 11.1 Å². The van der Waals surface area contributed by atoms with E-state index in [0.717, 1.165) is 11.1 Å². The van der Waals surface area contributed by atoms with Crippen molar-refractivity contribution in [1.82, 2.24) is 4.90 Å². The summed E-state index contributed by atoms with van der Waals surface area (Å²) in [4.78, 5) is 26.1. The Morgan fingerprint density at radius 2 is 1.93 bits per heavy atom. The summed E-state index contributed by atoms with van der Waals surface area (Å²) in [7, 11) is 1.25. The standard InChI is InChI=1S/C20H19FN2O4/c1-27-20(26)16-12-23(10-11-24)19(25)18(16)22-17-5-3-2-4-15(17)13-6-8-14(21)9-7-13/h2-9,22,24H,10-12H2,1H3. The number of hydrogen-bond donors (Lipinski definition) is 2. The van der Waals surface area contributed by atoms with Gasteiger partial charge in [0.25, 0.3) is 5.91 Å². The Kier molecular flexibility index (Phi) is 5.52. The zero-order chi connectivity index (χ0) is 19.4. The third-order valence-electron chi connectivity index (χ3n) is 4.30. The summed E-state index contributed by atoms with van der Waals surface area (Å²) in [6.07, 6.45) is 0. The largest absolute Gasteiger partial charge is 0.466 e. The summed E-state index contributed by atoms with van der Waals surface area (Å²) in [6.45, 7) is -0.0309. The van der Waals surface area contributed by atoms with Gasteiger partial charge in [0.05, 0.1) is 25.8 Å². The van der Waals surface area contributed by atoms with Gasteiger partial charge in [-0.25, -0.2) is 9.18 Å². The quantitative estimate of drug-likeness (QED) is 0.762. The summed E-state index contributed by atoms with van der Waals surface area (Å²) in [5, 5.41) is 12.2. The van der Waals surface area contributed by atoms with E-state index in [1.807, 2.05) is 12.1 Å². The molecule has 0 radical (unpaired) electrons. The van der Waals surface area contributed by atoms with E-state index in [0.29, 0.717) is 5.69 Å². The molecule has 3 rings (SSSR count). The summed E-state index contributed by atoms with van der Waals surface area (Å²) in [5.41, 5.74) is 2.43. The molecule has 2 aromatic rings. The number of β-amino-alcohol motifs (C(OH)–C–C–N with tert-alkyl or cyclic N) is 1. The highest BCUT2D eigenvalue weighted by Gasteiger charge is 2.34. The van der Waals surface area contributed by atoms with Crippen LogP contribution in [0.4, 0.5) is 10.1 Å². The van der Waals surface area contributed by atoms with E-state index in [1.54, 1.807) is 24.3 Å². The topological polar surface area (TPSA) is 78.9 Å². The van der Waals surface area contributed by atoms with Gasteiger partial charge >= 0.3 is 5.97 Å². The number of nitrogens with zero attached hydrogens (tertiary/aromatic N) is 1. The summed E-state index contributed by atoms with van der Waals surface area (Å²) in [5.74, 6) is -1.34. The lowest BCUT2D eigenvalue weighted by molar-refractivity contribution is -0.136. The van der Waals surface area contributed by atoms with Gasteiger partial charge in [-0.05, 0) is 23.8 Å². The monoisotopic (exact) mass is 370 g/mol. The van der Waals surface area contributed by atoms with Crippen molar-refractivity contribution < 1.29 is 23.8 Å². The fourth-order valence-electron chi connectivity index (χ4n) is 2.96. The van der Waals surface area contributed by atoms with Crippen LogP contribution in [0.5, 0.6) is 0 Å². The number of halogens is 1. The second-order valence-corrected chi connectivity index (χ2v) is 5.97. The van der Waals surface area contributed by atoms with Crippen LogP contribution in [-0.4, -0.2) is 48.7 Å². The van der Waals surface area contributed by atoms with Crippen molar-refractivity contribution in [3.05, 3.63) is 65.6 Å². The zero-order valence-electron chi connectivity index (χ0n) is 14.7. The van der Waals surface area contributed by atoms with Gasteiger partial charge in [-0.2, -0.15) is 0 Å². The Labute approximate surface area is 155 Å². The zero-order valence-corrected chi connectivity index (χ0v) is 14.7. The van der Waals surface area contributed by atoms with E-state index >= 15 is 0 Å². The molecule has 2 aromatic carbocycles. The fraction of sp³-hybridized carbons (Fsp3) is 0.200. The number of ether oxygens (including phenoxy) is 1. The minimum absolute atomic E-state index is 0.0626. The van der Waals surface area contributed by atoms with E-state index < -0.39 is 11.9 Å². The number of anilines is 1. The van der Waals surface area contributed by atoms with Crippen molar-refractivity contribution in [2.24, 2.45) is 0 Å². The number of amides is 1. The number of esters is 1. The van der Waals surface area contributed by atoms with Crippen molar-refractivity contribution in [2.45, 2.75) is 0 Å². The maximum absolute atomic E-state index is 13.2. The molecule has 0 unspecified atom stereocenters. The number of carbonyl (C=O) groups excluding carboxylic acids is 2. The molecule has 140 valence electrons. The van der Waals surface area contributed by atoms with Gasteiger partial charge < -0.3 is 20.1 Å². The second-order valence-electron chi connectivity index (χ2n) is 5.97. The smallest absolute Gasteiger partial charge is 0.337 e. The molecule has 27 heavy (non-hydrogen) atoms. The molecule has 1 aliphatic heterocycles. The van der Waals surface area contributed by atoms with E-state index in [9.17, 15) is 14.0 Å². The summed E-state index contributed by atoms with van der Waals surface area (Å²) < 4.78 is 18.0. The minimum atomic E-state index is -0.606. The van der Waals surface area contributed by atoms with E-state index in [2.05, 4.69) is 5.32 Å². The van der Waals surface area contributed by atoms with Gasteiger partial charge in [0.2, 0.25) is 0 Å². The molecule has 2 N–H and O–H groups in total. The molecular weight excluding hydrogens is 351 g/mol. The van der Waals surface area contributed by atoms with Crippen LogP contribution in [-0.2, 0) is 14.3 Å². The van der Waals surface area contributed by atoms with Crippen molar-refractivity contribution in [2.75, 3.05) is 32.1 Å². The number of aliphatic hydroxyl groups is 1. The molecule has 1 amide bonds. The first-order valence-electron chi connectivity index (χ1n) is 8.38. The number of hydrogen-bond acceptors (Lipinski definition) is 5. The second kappa shape index (κ2) is 8.01. The molecule has 6 nitrogen and oxygen atoms in total. The molecule has 0 aliphatic carbocycles. The van der Waals surface area contributed by atoms with Gasteiger partial charge in [-0.3, -0.25) is 4.79 Å². The summed E-state index contributed by atoms with van der Waals surface area (Å²) >= 11 is 0. The number of nitrogens with one attached hydrogen (secondary N) is 1. The van der Waals surface area contributed by atoms with Crippen LogP contribution in [0, 0.1) is 5.82 Å². The minimum Gasteiger partial charge on any atom is -0.466 e. The predicted molar refractivity (Wildman–Crippen MR) is 98.2 cm³/mol. The SMILES string of the molecule is COC(=O)C1=C(Nc2ccccc2-c2ccc(F)cc2)C(=O)N(CCO)C1. The fourth-order valence-corrected chi connectivity index (χ4v) is 2.96. The maximum Gasteiger partial charge on any atom is 0.337 e. The third kappa shape index (κ3) is 3.83. The first kappa shape index (κ1) is 18.6. The molecule has 0 atom stereocenters. The van der Waals surface area contributed by atoms with Crippen LogP contribution < -0.4 is 5.32 Å². The Hall–Kier alpha value is -3.19. The first-order chi connectivity index (χ1) is 13.0. The molecule has 0 spiro atoms. The number of carbonyl (C=O) groups is 2. The maximum atomic E-state index is 13.2. The Morgan fingerprint density at radius 3 is 2.59 bits per heavy atom. The molecule has 1 aliphatic rings. The molecule has 0 saturated heterocycles. The number of benzene rings is 2. The summed E-state index contributed by atoms with van der Waals surface area (Å²) in [6, 6.07) is 13.2. The lowest BCUT2D eigenvalue weighted by Crippen LogP contribution is -2.31. The van der Waals surface area contributed by atoms with Crippen LogP contribution in [0.3, 0.4) is 0 Å². The molecular formula is C20H19FN2O4. The predicted octanol–water partition coefficient (Wildman–Crippen LogP) is 2.17. The average Bonchev–Trinajstić information content (AvgIpc) is 2.99. The normalized spacial score (nSPS) is 13.9. The molecule has 0 aromatic heterocycles. The highest BCUT2D eigenvalue weighted by Crippen LogP contribution is 2.31. The van der Waals surface area contributed by atoms with E-state index in [-0.39, 0.29) is 36.8 Å². The van der Waals surface area contributed by atoms with Crippen LogP contribution in [0.15, 0.2) is 59.8 Å². The molecule has 0 fully saturated rings. The third-order valence-corrected chi connectivity index (χ3v) is 4.30. The number of rotatable bonds is 6. The number of methoxy groups -OCH3 is 1. The Bertz CT molecular complexity index is 893. The number of para-hydroxylation sites is 1. The van der Waals surface area contributed by atoms with Gasteiger partial charge in [-0.15, -0.1) is 0 Å². The van der Waals surface area contributed by atoms with Gasteiger partial charge in [0, 0.05) is 17.8 Å². The molecule has 7 heteroatoms. The van der Waals surface area contributed by atoms with E-state index in [1.165, 1.54) is 24.1 Å². The van der Waals surface area contributed by atoms with Crippen molar-refractivity contribution in [3.8, 4) is 11.1 Å². The molecule has 1 heterocycles. The molecule has 0 saturated carbocycles. The van der Waals surface area contributed by atoms with Gasteiger partial charge in [0.15, 0.2) is 0 Å². The van der Waals surface area contributed by atoms with E-state index in [4.69, 9.17) is 9.84 Å². The Morgan fingerprint density at radius 1 is 1.22 bits per heavy atom.